The van der Waals surface area contributed by atoms with E-state index >= 15 is 0 Å². The van der Waals surface area contributed by atoms with Gasteiger partial charge in [0.2, 0.25) is 5.91 Å². The normalized spacial score (nSPS) is 13.5. The number of nitrogens with zero attached hydrogens (tertiary/aromatic N) is 2. The van der Waals surface area contributed by atoms with Crippen LogP contribution in [0.4, 0.5) is 5.69 Å². The van der Waals surface area contributed by atoms with Gasteiger partial charge < -0.3 is 14.9 Å². The number of para-hydroxylation sites is 1. The Morgan fingerprint density at radius 2 is 1.86 bits per heavy atom. The van der Waals surface area contributed by atoms with Crippen molar-refractivity contribution in [2.75, 3.05) is 25.0 Å². The van der Waals surface area contributed by atoms with Gasteiger partial charge in [-0.2, -0.15) is 0 Å². The molecule has 0 bridgehead atoms. The van der Waals surface area contributed by atoms with Crippen molar-refractivity contribution in [2.45, 2.75) is 19.8 Å². The Hall–Kier alpha value is -2.37. The Morgan fingerprint density at radius 3 is 2.41 bits per heavy atom. The van der Waals surface area contributed by atoms with Gasteiger partial charge in [-0.15, -0.1) is 0 Å². The van der Waals surface area contributed by atoms with Crippen LogP contribution < -0.4 is 4.90 Å². The SMILES string of the molecule is CCN(CC(=O)O)C(=O)c1ccccc1N(C)C(=O)C1CC1. The molecule has 1 N–H and O–H groups in total. The summed E-state index contributed by atoms with van der Waals surface area (Å²) in [7, 11) is 1.65. The third kappa shape index (κ3) is 3.44. The van der Waals surface area contributed by atoms with Crippen molar-refractivity contribution in [3.05, 3.63) is 29.8 Å². The van der Waals surface area contributed by atoms with Gasteiger partial charge in [-0.05, 0) is 31.9 Å². The molecule has 0 spiro atoms. The lowest BCUT2D eigenvalue weighted by Gasteiger charge is -2.24. The van der Waals surface area contributed by atoms with Crippen LogP contribution in [-0.2, 0) is 9.59 Å². The number of rotatable bonds is 6. The maximum atomic E-state index is 12.6. The Balaban J connectivity index is 2.28. The van der Waals surface area contributed by atoms with Crippen LogP contribution in [0.25, 0.3) is 0 Å². The number of hydrogen-bond acceptors (Lipinski definition) is 3. The molecule has 0 aliphatic heterocycles. The zero-order valence-electron chi connectivity index (χ0n) is 12.8. The Bertz CT molecular complexity index is 596. The predicted octanol–water partition coefficient (Wildman–Crippen LogP) is 1.61. The zero-order valence-corrected chi connectivity index (χ0v) is 12.8. The summed E-state index contributed by atoms with van der Waals surface area (Å²) < 4.78 is 0. The van der Waals surface area contributed by atoms with Gasteiger partial charge in [0.05, 0.1) is 11.3 Å². The maximum Gasteiger partial charge on any atom is 0.323 e. The van der Waals surface area contributed by atoms with Gasteiger partial charge in [0.1, 0.15) is 6.54 Å². The van der Waals surface area contributed by atoms with Crippen molar-refractivity contribution in [1.29, 1.82) is 0 Å². The lowest BCUT2D eigenvalue weighted by atomic mass is 10.1. The van der Waals surface area contributed by atoms with E-state index in [1.165, 1.54) is 9.80 Å². The van der Waals surface area contributed by atoms with E-state index in [-0.39, 0.29) is 24.3 Å². The van der Waals surface area contributed by atoms with Gasteiger partial charge in [-0.3, -0.25) is 14.4 Å². The number of likely N-dealkylation sites (N-methyl/N-ethyl adjacent to an activating group) is 1. The molecule has 1 aromatic carbocycles. The summed E-state index contributed by atoms with van der Waals surface area (Å²) in [4.78, 5) is 38.4. The molecule has 2 rings (SSSR count). The number of carbonyl (C=O) groups excluding carboxylic acids is 2. The lowest BCUT2D eigenvalue weighted by molar-refractivity contribution is -0.137. The van der Waals surface area contributed by atoms with Crippen molar-refractivity contribution < 1.29 is 19.5 Å². The van der Waals surface area contributed by atoms with Crippen molar-refractivity contribution in [3.8, 4) is 0 Å². The maximum absolute atomic E-state index is 12.6. The second kappa shape index (κ2) is 6.60. The van der Waals surface area contributed by atoms with Crippen molar-refractivity contribution >= 4 is 23.5 Å². The van der Waals surface area contributed by atoms with Crippen LogP contribution in [0.3, 0.4) is 0 Å². The van der Waals surface area contributed by atoms with E-state index in [1.54, 1.807) is 38.2 Å². The summed E-state index contributed by atoms with van der Waals surface area (Å²) in [6.45, 7) is 1.66. The first-order valence-corrected chi connectivity index (χ1v) is 7.33. The molecule has 118 valence electrons. The molecule has 0 radical (unpaired) electrons. The quantitative estimate of drug-likeness (QED) is 0.866. The van der Waals surface area contributed by atoms with Crippen LogP contribution >= 0.6 is 0 Å². The molecule has 0 unspecified atom stereocenters. The summed E-state index contributed by atoms with van der Waals surface area (Å²) in [5.41, 5.74) is 0.871. The van der Waals surface area contributed by atoms with Crippen LogP contribution in [-0.4, -0.2) is 47.9 Å². The minimum atomic E-state index is -1.06. The van der Waals surface area contributed by atoms with Crippen LogP contribution in [0.1, 0.15) is 30.1 Å². The first-order valence-electron chi connectivity index (χ1n) is 7.33. The molecule has 6 heteroatoms. The van der Waals surface area contributed by atoms with E-state index < -0.39 is 5.97 Å². The Morgan fingerprint density at radius 1 is 1.23 bits per heavy atom. The van der Waals surface area contributed by atoms with E-state index in [0.29, 0.717) is 17.8 Å². The topological polar surface area (TPSA) is 77.9 Å². The fourth-order valence-electron chi connectivity index (χ4n) is 2.33. The Kier molecular flexibility index (Phi) is 4.80. The molecule has 1 fully saturated rings. The highest BCUT2D eigenvalue weighted by Crippen LogP contribution is 2.33. The van der Waals surface area contributed by atoms with Gasteiger partial charge >= 0.3 is 5.97 Å². The van der Waals surface area contributed by atoms with Gasteiger partial charge in [-0.25, -0.2) is 0 Å². The number of hydrogen-bond donors (Lipinski definition) is 1. The molecule has 1 saturated carbocycles. The second-order valence-corrected chi connectivity index (χ2v) is 5.40. The molecule has 1 aliphatic carbocycles. The molecule has 1 aromatic rings. The second-order valence-electron chi connectivity index (χ2n) is 5.40. The molecule has 1 aliphatic rings. The van der Waals surface area contributed by atoms with Crippen molar-refractivity contribution in [2.24, 2.45) is 5.92 Å². The monoisotopic (exact) mass is 304 g/mol. The highest BCUT2D eigenvalue weighted by Gasteiger charge is 2.33. The molecule has 0 aromatic heterocycles. The first kappa shape index (κ1) is 16.0. The number of aliphatic carboxylic acids is 1. The molecule has 0 saturated heterocycles. The average Bonchev–Trinajstić information content (AvgIpc) is 3.35. The van der Waals surface area contributed by atoms with Crippen LogP contribution in [0.15, 0.2) is 24.3 Å². The fraction of sp³-hybridized carbons (Fsp3) is 0.438. The van der Waals surface area contributed by atoms with Crippen LogP contribution in [0.2, 0.25) is 0 Å². The van der Waals surface area contributed by atoms with Crippen LogP contribution in [0, 0.1) is 5.92 Å². The summed E-state index contributed by atoms with van der Waals surface area (Å²) >= 11 is 0. The molecule has 6 nitrogen and oxygen atoms in total. The third-order valence-electron chi connectivity index (χ3n) is 3.75. The minimum Gasteiger partial charge on any atom is -0.480 e. The molecule has 2 amide bonds. The van der Waals surface area contributed by atoms with Gasteiger partial charge in [0, 0.05) is 19.5 Å². The number of carboxylic acid groups (broad SMARTS) is 1. The van der Waals surface area contributed by atoms with Gasteiger partial charge in [0.15, 0.2) is 0 Å². The van der Waals surface area contributed by atoms with Crippen molar-refractivity contribution in [3.63, 3.8) is 0 Å². The van der Waals surface area contributed by atoms with E-state index in [4.69, 9.17) is 5.11 Å². The highest BCUT2D eigenvalue weighted by atomic mass is 16.4. The summed E-state index contributed by atoms with van der Waals surface area (Å²) in [5, 5.41) is 8.90. The van der Waals surface area contributed by atoms with Gasteiger partial charge in [-0.1, -0.05) is 12.1 Å². The number of benzene rings is 1. The first-order chi connectivity index (χ1) is 10.5. The summed E-state index contributed by atoms with van der Waals surface area (Å²) in [6, 6.07) is 6.80. The smallest absolute Gasteiger partial charge is 0.323 e. The van der Waals surface area contributed by atoms with E-state index in [1.807, 2.05) is 0 Å². The molecule has 0 heterocycles. The standard InChI is InChI=1S/C16H20N2O4/c1-3-18(10-14(19)20)16(22)12-6-4-5-7-13(12)17(2)15(21)11-8-9-11/h4-7,11H,3,8-10H2,1-2H3,(H,19,20). The van der Waals surface area contributed by atoms with E-state index in [0.717, 1.165) is 12.8 Å². The van der Waals surface area contributed by atoms with E-state index in [9.17, 15) is 14.4 Å². The molecule has 22 heavy (non-hydrogen) atoms. The number of anilines is 1. The zero-order chi connectivity index (χ0) is 16.3. The largest absolute Gasteiger partial charge is 0.480 e. The van der Waals surface area contributed by atoms with E-state index in [2.05, 4.69) is 0 Å². The molecule has 0 atom stereocenters. The summed E-state index contributed by atoms with van der Waals surface area (Å²) in [6.07, 6.45) is 1.78. The van der Waals surface area contributed by atoms with Gasteiger partial charge in [0.25, 0.3) is 5.91 Å². The summed E-state index contributed by atoms with van der Waals surface area (Å²) in [5.74, 6) is -1.39. The molecular formula is C16H20N2O4. The fourth-order valence-corrected chi connectivity index (χ4v) is 2.33. The number of carboxylic acids is 1. The molecular weight excluding hydrogens is 284 g/mol. The minimum absolute atomic E-state index is 0.00142. The Labute approximate surface area is 129 Å². The predicted molar refractivity (Wildman–Crippen MR) is 81.8 cm³/mol. The third-order valence-corrected chi connectivity index (χ3v) is 3.75. The van der Waals surface area contributed by atoms with Crippen LogP contribution in [0.5, 0.6) is 0 Å². The number of amides is 2. The lowest BCUT2D eigenvalue weighted by Crippen LogP contribution is -2.37. The average molecular weight is 304 g/mol. The highest BCUT2D eigenvalue weighted by molar-refractivity contribution is 6.06. The van der Waals surface area contributed by atoms with Crippen molar-refractivity contribution in [1.82, 2.24) is 4.90 Å². The number of carbonyl (C=O) groups is 3.